The summed E-state index contributed by atoms with van der Waals surface area (Å²) in [7, 11) is 0. The SMILES string of the molecule is CC1=CC(=O)C(=O)C2=C1O[C@@]1(C2)[C@H](C)CC[C@@H]2[C@@]3(C)CC[C@@H](O)C(C)(C)[C@H]3CC[C@]21C. The number of aliphatic hydroxyl groups excluding tert-OH is 1. The first kappa shape index (κ1) is 21.4. The molecule has 0 aromatic heterocycles. The van der Waals surface area contributed by atoms with E-state index in [0.29, 0.717) is 35.5 Å². The third-order valence-corrected chi connectivity index (χ3v) is 10.9. The second-order valence-corrected chi connectivity index (χ2v) is 12.4. The number of fused-ring (bicyclic) bond motifs is 4. The van der Waals surface area contributed by atoms with Crippen molar-refractivity contribution in [3.8, 4) is 0 Å². The van der Waals surface area contributed by atoms with Gasteiger partial charge < -0.3 is 9.84 Å². The summed E-state index contributed by atoms with van der Waals surface area (Å²) >= 11 is 0. The Balaban J connectivity index is 1.58. The van der Waals surface area contributed by atoms with Gasteiger partial charge in [0.1, 0.15) is 11.4 Å². The van der Waals surface area contributed by atoms with Gasteiger partial charge in [-0.15, -0.1) is 0 Å². The topological polar surface area (TPSA) is 63.6 Å². The van der Waals surface area contributed by atoms with Crippen molar-refractivity contribution in [3.63, 3.8) is 0 Å². The first-order chi connectivity index (χ1) is 14.4. The maximum atomic E-state index is 12.8. The molecule has 5 aliphatic rings. The van der Waals surface area contributed by atoms with Crippen LogP contribution in [0.2, 0.25) is 0 Å². The smallest absolute Gasteiger partial charge is 0.232 e. The number of carbonyl (C=O) groups excluding carboxylic acids is 2. The summed E-state index contributed by atoms with van der Waals surface area (Å²) in [6, 6.07) is 0. The number of allylic oxidation sites excluding steroid dienone is 2. The van der Waals surface area contributed by atoms with E-state index in [2.05, 4.69) is 34.6 Å². The molecule has 0 aromatic carbocycles. The molecule has 1 heterocycles. The van der Waals surface area contributed by atoms with Crippen LogP contribution < -0.4 is 0 Å². The molecule has 0 amide bonds. The number of hydrogen-bond acceptors (Lipinski definition) is 4. The van der Waals surface area contributed by atoms with Crippen LogP contribution in [-0.2, 0) is 14.3 Å². The molecule has 3 saturated carbocycles. The highest BCUT2D eigenvalue weighted by atomic mass is 16.5. The van der Waals surface area contributed by atoms with Gasteiger partial charge in [-0.2, -0.15) is 0 Å². The van der Waals surface area contributed by atoms with Crippen LogP contribution in [0.3, 0.4) is 0 Å². The lowest BCUT2D eigenvalue weighted by molar-refractivity contribution is -0.250. The average molecular weight is 427 g/mol. The first-order valence-corrected chi connectivity index (χ1v) is 12.3. The molecule has 1 aliphatic heterocycles. The minimum Gasteiger partial charge on any atom is -0.485 e. The molecule has 0 radical (unpaired) electrons. The molecule has 0 unspecified atom stereocenters. The Hall–Kier alpha value is -1.42. The molecule has 31 heavy (non-hydrogen) atoms. The first-order valence-electron chi connectivity index (χ1n) is 12.3. The Bertz CT molecular complexity index is 926. The van der Waals surface area contributed by atoms with Crippen molar-refractivity contribution >= 4 is 11.6 Å². The highest BCUT2D eigenvalue weighted by Gasteiger charge is 2.70. The largest absolute Gasteiger partial charge is 0.485 e. The molecule has 4 aliphatic carbocycles. The van der Waals surface area contributed by atoms with Gasteiger partial charge >= 0.3 is 0 Å². The van der Waals surface area contributed by atoms with Crippen LogP contribution in [0, 0.1) is 34.0 Å². The standard InChI is InChI=1S/C27H38O4/c1-15-13-18(28)22(30)17-14-27(31-23(15)17)16(2)7-8-20-25(5)11-10-21(29)24(3,4)19(25)9-12-26(20,27)6/h13,16,19-21,29H,7-12,14H2,1-6H3/t16-,19-,20-,21-,25+,26-,27+/m1/s1. The normalized spacial score (nSPS) is 48.7. The van der Waals surface area contributed by atoms with E-state index < -0.39 is 11.4 Å². The van der Waals surface area contributed by atoms with Gasteiger partial charge in [-0.1, -0.05) is 34.6 Å². The van der Waals surface area contributed by atoms with Crippen LogP contribution in [0.25, 0.3) is 0 Å². The lowest BCUT2D eigenvalue weighted by Crippen LogP contribution is -2.67. The van der Waals surface area contributed by atoms with Crippen molar-refractivity contribution in [2.75, 3.05) is 0 Å². The minimum absolute atomic E-state index is 0.0603. The maximum Gasteiger partial charge on any atom is 0.232 e. The second kappa shape index (κ2) is 6.34. The number of rotatable bonds is 0. The lowest BCUT2D eigenvalue weighted by atomic mass is 9.37. The van der Waals surface area contributed by atoms with Gasteiger partial charge in [0, 0.05) is 17.4 Å². The molecule has 3 fully saturated rings. The summed E-state index contributed by atoms with van der Waals surface area (Å²) in [5, 5.41) is 10.8. The molecule has 0 bridgehead atoms. The van der Waals surface area contributed by atoms with Gasteiger partial charge in [0.2, 0.25) is 11.6 Å². The summed E-state index contributed by atoms with van der Waals surface area (Å²) in [4.78, 5) is 25.1. The highest BCUT2D eigenvalue weighted by molar-refractivity contribution is 6.48. The highest BCUT2D eigenvalue weighted by Crippen LogP contribution is 2.72. The van der Waals surface area contributed by atoms with Crippen LogP contribution >= 0.6 is 0 Å². The fourth-order valence-electron chi connectivity index (χ4n) is 9.10. The number of ether oxygens (including phenoxy) is 1. The van der Waals surface area contributed by atoms with Gasteiger partial charge in [-0.25, -0.2) is 0 Å². The van der Waals surface area contributed by atoms with Crippen LogP contribution in [0.4, 0.5) is 0 Å². The Morgan fingerprint density at radius 3 is 2.42 bits per heavy atom. The Kier molecular flexibility index (Phi) is 4.38. The molecule has 1 N–H and O–H groups in total. The predicted octanol–water partition coefficient (Wildman–Crippen LogP) is 5.15. The number of ketones is 2. The molecule has 170 valence electrons. The van der Waals surface area contributed by atoms with Crippen molar-refractivity contribution < 1.29 is 19.4 Å². The molecule has 4 nitrogen and oxygen atoms in total. The molecule has 7 atom stereocenters. The van der Waals surface area contributed by atoms with Crippen molar-refractivity contribution in [3.05, 3.63) is 23.0 Å². The van der Waals surface area contributed by atoms with Crippen LogP contribution in [0.15, 0.2) is 23.0 Å². The second-order valence-electron chi connectivity index (χ2n) is 12.4. The third-order valence-electron chi connectivity index (χ3n) is 10.9. The van der Waals surface area contributed by atoms with Crippen LogP contribution in [0.5, 0.6) is 0 Å². The van der Waals surface area contributed by atoms with Crippen molar-refractivity contribution in [1.82, 2.24) is 0 Å². The number of aliphatic hydroxyl groups is 1. The monoisotopic (exact) mass is 426 g/mol. The molecule has 0 aromatic rings. The van der Waals surface area contributed by atoms with E-state index in [4.69, 9.17) is 4.74 Å². The fraction of sp³-hybridized carbons (Fsp3) is 0.778. The lowest BCUT2D eigenvalue weighted by Gasteiger charge is -2.69. The summed E-state index contributed by atoms with van der Waals surface area (Å²) in [5.41, 5.74) is 1.00. The van der Waals surface area contributed by atoms with E-state index in [-0.39, 0.29) is 28.1 Å². The van der Waals surface area contributed by atoms with E-state index in [1.54, 1.807) is 0 Å². The molecular weight excluding hydrogens is 388 g/mol. The molecular formula is C27H38O4. The summed E-state index contributed by atoms with van der Waals surface area (Å²) in [6.45, 7) is 13.6. The quantitative estimate of drug-likeness (QED) is 0.430. The van der Waals surface area contributed by atoms with Gasteiger partial charge in [0.05, 0.1) is 6.10 Å². The summed E-state index contributed by atoms with van der Waals surface area (Å²) < 4.78 is 6.90. The third kappa shape index (κ3) is 2.46. The van der Waals surface area contributed by atoms with Gasteiger partial charge in [-0.3, -0.25) is 9.59 Å². The molecule has 4 heteroatoms. The number of Topliss-reactive ketones (excluding diaryl/α,β-unsaturated/α-hetero) is 1. The van der Waals surface area contributed by atoms with Gasteiger partial charge in [0.25, 0.3) is 0 Å². The van der Waals surface area contributed by atoms with E-state index >= 15 is 0 Å². The zero-order valence-electron chi connectivity index (χ0n) is 20.0. The van der Waals surface area contributed by atoms with E-state index in [1.807, 2.05) is 6.92 Å². The van der Waals surface area contributed by atoms with E-state index in [0.717, 1.165) is 37.7 Å². The van der Waals surface area contributed by atoms with Crippen molar-refractivity contribution in [2.24, 2.45) is 34.0 Å². The maximum absolute atomic E-state index is 12.8. The van der Waals surface area contributed by atoms with Crippen molar-refractivity contribution in [2.45, 2.75) is 98.2 Å². The van der Waals surface area contributed by atoms with Crippen LogP contribution in [-0.4, -0.2) is 28.4 Å². The number of carbonyl (C=O) groups is 2. The molecule has 5 rings (SSSR count). The molecule has 0 saturated heterocycles. The Labute approximate surface area is 186 Å². The van der Waals surface area contributed by atoms with E-state index in [9.17, 15) is 14.7 Å². The van der Waals surface area contributed by atoms with Gasteiger partial charge in [0.15, 0.2) is 0 Å². The molecule has 1 spiro atoms. The summed E-state index contributed by atoms with van der Waals surface area (Å²) in [5.74, 6) is 1.22. The van der Waals surface area contributed by atoms with Gasteiger partial charge in [-0.05, 0) is 85.7 Å². The predicted molar refractivity (Wildman–Crippen MR) is 119 cm³/mol. The average Bonchev–Trinajstić information content (AvgIpc) is 3.11. The van der Waals surface area contributed by atoms with E-state index in [1.165, 1.54) is 12.5 Å². The zero-order valence-corrected chi connectivity index (χ0v) is 20.0. The minimum atomic E-state index is -0.426. The summed E-state index contributed by atoms with van der Waals surface area (Å²) in [6.07, 6.45) is 8.08. The Morgan fingerprint density at radius 2 is 1.71 bits per heavy atom. The fourth-order valence-corrected chi connectivity index (χ4v) is 9.10. The zero-order chi connectivity index (χ0) is 22.6. The van der Waals surface area contributed by atoms with Crippen molar-refractivity contribution in [1.29, 1.82) is 0 Å². The Morgan fingerprint density at radius 1 is 1.00 bits per heavy atom. The van der Waals surface area contributed by atoms with Crippen LogP contribution in [0.1, 0.15) is 86.5 Å². The number of hydrogen-bond donors (Lipinski definition) is 1.